The molecule has 2 heteroatoms. The van der Waals surface area contributed by atoms with Gasteiger partial charge in [0, 0.05) is 23.6 Å². The lowest BCUT2D eigenvalue weighted by molar-refractivity contribution is 0.772. The maximum atomic E-state index is 3.39. The summed E-state index contributed by atoms with van der Waals surface area (Å²) < 4.78 is 0. The molecule has 1 aromatic heterocycles. The quantitative estimate of drug-likeness (QED) is 0.634. The van der Waals surface area contributed by atoms with Crippen LogP contribution in [0, 0.1) is 0 Å². The van der Waals surface area contributed by atoms with Crippen molar-refractivity contribution in [2.24, 2.45) is 0 Å². The highest BCUT2D eigenvalue weighted by atomic mass is 15.2. The van der Waals surface area contributed by atoms with Crippen LogP contribution >= 0.6 is 0 Å². The van der Waals surface area contributed by atoms with Gasteiger partial charge in [-0.2, -0.15) is 0 Å². The number of aromatic amines is 1. The van der Waals surface area contributed by atoms with Gasteiger partial charge in [0.15, 0.2) is 0 Å². The maximum absolute atomic E-state index is 3.39. The lowest BCUT2D eigenvalue weighted by Crippen LogP contribution is -2.05. The van der Waals surface area contributed by atoms with Gasteiger partial charge in [-0.1, -0.05) is 18.2 Å². The molecule has 66 valence electrons. The maximum Gasteiger partial charge on any atom is 0.0554 e. The molecule has 2 heterocycles. The van der Waals surface area contributed by atoms with Crippen LogP contribution in [-0.2, 0) is 5.54 Å². The Labute approximate surface area is 77.0 Å². The Hall–Kier alpha value is -1.28. The molecule has 2 aromatic rings. The van der Waals surface area contributed by atoms with Crippen LogP contribution in [0.15, 0.2) is 30.5 Å². The van der Waals surface area contributed by atoms with Gasteiger partial charge in [-0.05, 0) is 18.6 Å². The molecule has 0 aliphatic carbocycles. The zero-order valence-electron chi connectivity index (χ0n) is 7.59. The highest BCUT2D eigenvalue weighted by molar-refractivity contribution is 5.84. The van der Waals surface area contributed by atoms with Crippen LogP contribution in [0.5, 0.6) is 0 Å². The van der Waals surface area contributed by atoms with Gasteiger partial charge in [0.25, 0.3) is 0 Å². The van der Waals surface area contributed by atoms with Gasteiger partial charge < -0.3 is 10.3 Å². The molecule has 2 N–H and O–H groups in total. The third-order valence-electron chi connectivity index (χ3n) is 2.89. The Bertz CT molecular complexity index is 452. The first-order chi connectivity index (χ1) is 6.30. The smallest absolute Gasteiger partial charge is 0.0554 e. The average molecular weight is 172 g/mol. The van der Waals surface area contributed by atoms with Gasteiger partial charge in [0.1, 0.15) is 0 Å². The minimum absolute atomic E-state index is 0.222. The van der Waals surface area contributed by atoms with Gasteiger partial charge >= 0.3 is 0 Å². The molecule has 3 rings (SSSR count). The van der Waals surface area contributed by atoms with E-state index < -0.39 is 0 Å². The predicted octanol–water partition coefficient (Wildman–Crippen LogP) is 1.99. The van der Waals surface area contributed by atoms with E-state index in [4.69, 9.17) is 0 Å². The lowest BCUT2D eigenvalue weighted by Gasteiger charge is -2.03. The Morgan fingerprint density at radius 1 is 1.31 bits per heavy atom. The molecule has 13 heavy (non-hydrogen) atoms. The number of hydrogen-bond acceptors (Lipinski definition) is 1. The zero-order chi connectivity index (χ0) is 8.89. The van der Waals surface area contributed by atoms with Crippen molar-refractivity contribution >= 4 is 10.9 Å². The van der Waals surface area contributed by atoms with Crippen molar-refractivity contribution in [3.8, 4) is 0 Å². The summed E-state index contributed by atoms with van der Waals surface area (Å²) in [6.07, 6.45) is 2.12. The van der Waals surface area contributed by atoms with Crippen molar-refractivity contribution in [1.82, 2.24) is 10.3 Å². The number of hydrogen-bond donors (Lipinski definition) is 2. The van der Waals surface area contributed by atoms with E-state index in [0.29, 0.717) is 0 Å². The van der Waals surface area contributed by atoms with Crippen LogP contribution in [0.4, 0.5) is 0 Å². The van der Waals surface area contributed by atoms with Gasteiger partial charge in [0.05, 0.1) is 5.54 Å². The van der Waals surface area contributed by atoms with Gasteiger partial charge in [0.2, 0.25) is 0 Å². The summed E-state index contributed by atoms with van der Waals surface area (Å²) in [5, 5.41) is 4.73. The number of nitrogens with one attached hydrogen (secondary N) is 2. The number of H-pyrrole nitrogens is 1. The van der Waals surface area contributed by atoms with E-state index in [1.54, 1.807) is 0 Å². The van der Waals surface area contributed by atoms with Crippen molar-refractivity contribution in [3.05, 3.63) is 36.0 Å². The highest BCUT2D eigenvalue weighted by Crippen LogP contribution is 2.34. The second kappa shape index (κ2) is 2.15. The summed E-state index contributed by atoms with van der Waals surface area (Å²) in [6, 6.07) is 8.44. The third kappa shape index (κ3) is 0.923. The molecule has 2 nitrogen and oxygen atoms in total. The zero-order valence-corrected chi connectivity index (χ0v) is 7.59. The van der Waals surface area contributed by atoms with Crippen molar-refractivity contribution < 1.29 is 0 Å². The third-order valence-corrected chi connectivity index (χ3v) is 2.89. The van der Waals surface area contributed by atoms with Crippen molar-refractivity contribution in [3.63, 3.8) is 0 Å². The fraction of sp³-hybridized carbons (Fsp3) is 0.273. The van der Waals surface area contributed by atoms with E-state index >= 15 is 0 Å². The summed E-state index contributed by atoms with van der Waals surface area (Å²) >= 11 is 0. The van der Waals surface area contributed by atoms with Crippen molar-refractivity contribution in [1.29, 1.82) is 0 Å². The molecule has 0 spiro atoms. The van der Waals surface area contributed by atoms with Crippen LogP contribution in [0.25, 0.3) is 10.9 Å². The van der Waals surface area contributed by atoms with Crippen LogP contribution in [0.1, 0.15) is 12.5 Å². The molecular formula is C11H12N2. The van der Waals surface area contributed by atoms with Gasteiger partial charge in [-0.3, -0.25) is 0 Å². The van der Waals surface area contributed by atoms with Crippen LogP contribution < -0.4 is 5.32 Å². The molecule has 0 saturated carbocycles. The lowest BCUT2D eigenvalue weighted by atomic mass is 10.0. The topological polar surface area (TPSA) is 37.7 Å². The number of benzene rings is 1. The molecule has 1 aromatic carbocycles. The standard InChI is InChI=1S/C11H12N2/c1-11(7-13-11)9-6-12-10-5-3-2-4-8(9)10/h2-6,12-13H,7H2,1H3. The molecule has 0 amide bonds. The Morgan fingerprint density at radius 2 is 2.08 bits per heavy atom. The molecule has 1 atom stereocenters. The minimum atomic E-state index is 0.222. The Morgan fingerprint density at radius 3 is 2.85 bits per heavy atom. The van der Waals surface area contributed by atoms with Crippen LogP contribution in [0.3, 0.4) is 0 Å². The van der Waals surface area contributed by atoms with E-state index in [-0.39, 0.29) is 5.54 Å². The molecule has 1 aliphatic rings. The Kier molecular flexibility index (Phi) is 1.18. The van der Waals surface area contributed by atoms with E-state index in [2.05, 4.69) is 47.7 Å². The molecule has 1 aliphatic heterocycles. The fourth-order valence-electron chi connectivity index (χ4n) is 1.85. The summed E-state index contributed by atoms with van der Waals surface area (Å²) in [6.45, 7) is 3.33. The second-order valence-corrected chi connectivity index (χ2v) is 3.93. The second-order valence-electron chi connectivity index (χ2n) is 3.93. The fourth-order valence-corrected chi connectivity index (χ4v) is 1.85. The SMILES string of the molecule is CC1(c2c[nH]c3ccccc23)CN1. The average Bonchev–Trinajstić information content (AvgIpc) is 2.76. The van der Waals surface area contributed by atoms with Gasteiger partial charge in [-0.15, -0.1) is 0 Å². The normalized spacial score (nSPS) is 26.5. The first-order valence-electron chi connectivity index (χ1n) is 4.61. The van der Waals surface area contributed by atoms with E-state index in [9.17, 15) is 0 Å². The minimum Gasteiger partial charge on any atom is -0.361 e. The predicted molar refractivity (Wildman–Crippen MR) is 53.7 cm³/mol. The van der Waals surface area contributed by atoms with Crippen molar-refractivity contribution in [2.75, 3.05) is 6.54 Å². The molecule has 1 unspecified atom stereocenters. The highest BCUT2D eigenvalue weighted by Gasteiger charge is 2.39. The number of para-hydroxylation sites is 1. The molecule has 0 bridgehead atoms. The monoisotopic (exact) mass is 172 g/mol. The number of fused-ring (bicyclic) bond motifs is 1. The van der Waals surface area contributed by atoms with Crippen LogP contribution in [-0.4, -0.2) is 11.5 Å². The summed E-state index contributed by atoms with van der Waals surface area (Å²) in [7, 11) is 0. The summed E-state index contributed by atoms with van der Waals surface area (Å²) in [5.74, 6) is 0. The molecular weight excluding hydrogens is 160 g/mol. The molecule has 1 saturated heterocycles. The van der Waals surface area contributed by atoms with E-state index in [1.165, 1.54) is 16.5 Å². The first-order valence-corrected chi connectivity index (χ1v) is 4.61. The molecule has 0 radical (unpaired) electrons. The van der Waals surface area contributed by atoms with E-state index in [1.807, 2.05) is 0 Å². The largest absolute Gasteiger partial charge is 0.361 e. The molecule has 1 fully saturated rings. The number of rotatable bonds is 1. The number of aromatic nitrogens is 1. The van der Waals surface area contributed by atoms with Gasteiger partial charge in [-0.25, -0.2) is 0 Å². The van der Waals surface area contributed by atoms with Crippen LogP contribution in [0.2, 0.25) is 0 Å². The first kappa shape index (κ1) is 7.15. The van der Waals surface area contributed by atoms with Crippen molar-refractivity contribution in [2.45, 2.75) is 12.5 Å². The Balaban J connectivity index is 2.30. The van der Waals surface area contributed by atoms with E-state index in [0.717, 1.165) is 6.54 Å². The summed E-state index contributed by atoms with van der Waals surface area (Å²) in [4.78, 5) is 3.29. The summed E-state index contributed by atoms with van der Waals surface area (Å²) in [5.41, 5.74) is 2.84.